The highest BCUT2D eigenvalue weighted by atomic mass is 32.1. The largest absolute Gasteiger partial charge is 0.395 e. The topological polar surface area (TPSA) is 44.3 Å². The number of fused-ring (bicyclic) bond motifs is 1. The summed E-state index contributed by atoms with van der Waals surface area (Å²) in [4.78, 5) is 0. The number of aliphatic hydroxyl groups excluding tert-OH is 1. The monoisotopic (exact) mass is 250 g/mol. The number of hydrogen-bond donors (Lipinski definition) is 3. The molecular formula is C13H18N2OS. The predicted octanol–water partition coefficient (Wildman–Crippen LogP) is 1.00. The zero-order valence-electron chi connectivity index (χ0n) is 9.78. The number of rotatable bonds is 3. The number of nitrogens with one attached hydrogen (secondary N) is 2. The van der Waals surface area contributed by atoms with Crippen molar-refractivity contribution in [2.75, 3.05) is 13.2 Å². The van der Waals surface area contributed by atoms with Crippen LogP contribution in [-0.4, -0.2) is 29.4 Å². The maximum Gasteiger partial charge on any atom is 0.166 e. The van der Waals surface area contributed by atoms with Crippen molar-refractivity contribution < 1.29 is 5.11 Å². The van der Waals surface area contributed by atoms with Crippen LogP contribution in [-0.2, 0) is 12.8 Å². The molecule has 1 atom stereocenters. The Bertz CT molecular complexity index is 395. The summed E-state index contributed by atoms with van der Waals surface area (Å²) < 4.78 is 0. The standard InChI is InChI=1S/C13H18N2OS/c16-8-7-14-13(17)15-12-6-5-10-3-1-2-4-11(10)9-12/h1-4,12,16H,5-9H2,(H2,14,15,17). The first-order valence-corrected chi connectivity index (χ1v) is 6.42. The SMILES string of the molecule is OCCNC(=S)NC1CCc2ccccc2C1. The summed E-state index contributed by atoms with van der Waals surface area (Å²) in [5.74, 6) is 0. The molecule has 0 aliphatic heterocycles. The van der Waals surface area contributed by atoms with Crippen LogP contribution >= 0.6 is 12.2 Å². The lowest BCUT2D eigenvalue weighted by molar-refractivity contribution is 0.300. The van der Waals surface area contributed by atoms with Crippen molar-refractivity contribution in [3.05, 3.63) is 35.4 Å². The zero-order valence-corrected chi connectivity index (χ0v) is 10.6. The molecular weight excluding hydrogens is 232 g/mol. The van der Waals surface area contributed by atoms with Crippen LogP contribution in [0.3, 0.4) is 0 Å². The average Bonchev–Trinajstić information content (AvgIpc) is 2.36. The molecule has 3 nitrogen and oxygen atoms in total. The van der Waals surface area contributed by atoms with E-state index in [0.717, 1.165) is 19.3 Å². The lowest BCUT2D eigenvalue weighted by atomic mass is 9.88. The van der Waals surface area contributed by atoms with Gasteiger partial charge in [-0.15, -0.1) is 0 Å². The van der Waals surface area contributed by atoms with Crippen LogP contribution in [0.5, 0.6) is 0 Å². The van der Waals surface area contributed by atoms with Gasteiger partial charge >= 0.3 is 0 Å². The van der Waals surface area contributed by atoms with Crippen molar-refractivity contribution in [1.82, 2.24) is 10.6 Å². The van der Waals surface area contributed by atoms with Gasteiger partial charge in [0.15, 0.2) is 5.11 Å². The Kier molecular flexibility index (Phi) is 4.34. The molecule has 0 bridgehead atoms. The number of aliphatic hydroxyl groups is 1. The van der Waals surface area contributed by atoms with Gasteiger partial charge in [0, 0.05) is 12.6 Å². The zero-order chi connectivity index (χ0) is 12.1. The van der Waals surface area contributed by atoms with Crippen molar-refractivity contribution in [3.8, 4) is 0 Å². The van der Waals surface area contributed by atoms with Crippen molar-refractivity contribution in [3.63, 3.8) is 0 Å². The molecule has 0 heterocycles. The molecule has 92 valence electrons. The minimum atomic E-state index is 0.106. The van der Waals surface area contributed by atoms with E-state index in [4.69, 9.17) is 17.3 Å². The van der Waals surface area contributed by atoms with Gasteiger partial charge in [-0.05, 0) is 42.6 Å². The van der Waals surface area contributed by atoms with Crippen LogP contribution < -0.4 is 10.6 Å². The fraction of sp³-hybridized carbons (Fsp3) is 0.462. The molecule has 0 saturated heterocycles. The second-order valence-electron chi connectivity index (χ2n) is 4.33. The molecule has 0 radical (unpaired) electrons. The van der Waals surface area contributed by atoms with Gasteiger partial charge in [-0.3, -0.25) is 0 Å². The van der Waals surface area contributed by atoms with Gasteiger partial charge in [-0.2, -0.15) is 0 Å². The third-order valence-corrected chi connectivity index (χ3v) is 3.34. The summed E-state index contributed by atoms with van der Waals surface area (Å²) in [6.07, 6.45) is 3.24. The summed E-state index contributed by atoms with van der Waals surface area (Å²) in [6, 6.07) is 8.98. The maximum absolute atomic E-state index is 8.70. The van der Waals surface area contributed by atoms with E-state index in [1.165, 1.54) is 11.1 Å². The first kappa shape index (κ1) is 12.3. The molecule has 1 aromatic rings. The molecule has 0 saturated carbocycles. The minimum absolute atomic E-state index is 0.106. The fourth-order valence-corrected chi connectivity index (χ4v) is 2.50. The van der Waals surface area contributed by atoms with E-state index in [0.29, 0.717) is 17.7 Å². The van der Waals surface area contributed by atoms with Crippen molar-refractivity contribution in [1.29, 1.82) is 0 Å². The number of benzene rings is 1. The van der Waals surface area contributed by atoms with Crippen LogP contribution in [0.15, 0.2) is 24.3 Å². The Hall–Kier alpha value is -1.13. The summed E-state index contributed by atoms with van der Waals surface area (Å²) in [5.41, 5.74) is 2.88. The van der Waals surface area contributed by atoms with E-state index >= 15 is 0 Å². The lowest BCUT2D eigenvalue weighted by Gasteiger charge is -2.26. The first-order chi connectivity index (χ1) is 8.29. The summed E-state index contributed by atoms with van der Waals surface area (Å²) in [5, 5.41) is 15.6. The molecule has 1 unspecified atom stereocenters. The smallest absolute Gasteiger partial charge is 0.166 e. The van der Waals surface area contributed by atoms with Gasteiger partial charge in [0.25, 0.3) is 0 Å². The van der Waals surface area contributed by atoms with Gasteiger partial charge in [0.1, 0.15) is 0 Å². The Morgan fingerprint density at radius 1 is 1.35 bits per heavy atom. The predicted molar refractivity (Wildman–Crippen MR) is 73.1 cm³/mol. The highest BCUT2D eigenvalue weighted by Gasteiger charge is 2.18. The Balaban J connectivity index is 1.88. The Labute approximate surface area is 107 Å². The molecule has 4 heteroatoms. The van der Waals surface area contributed by atoms with E-state index in [1.807, 2.05) is 0 Å². The third-order valence-electron chi connectivity index (χ3n) is 3.08. The van der Waals surface area contributed by atoms with Crippen molar-refractivity contribution in [2.45, 2.75) is 25.3 Å². The van der Waals surface area contributed by atoms with Crippen LogP contribution in [0.1, 0.15) is 17.5 Å². The van der Waals surface area contributed by atoms with E-state index in [-0.39, 0.29) is 6.61 Å². The summed E-state index contributed by atoms with van der Waals surface area (Å²) in [6.45, 7) is 0.616. The minimum Gasteiger partial charge on any atom is -0.395 e. The van der Waals surface area contributed by atoms with E-state index in [9.17, 15) is 0 Å². The lowest BCUT2D eigenvalue weighted by Crippen LogP contribution is -2.45. The molecule has 1 aliphatic carbocycles. The number of hydrogen-bond acceptors (Lipinski definition) is 2. The molecule has 0 spiro atoms. The van der Waals surface area contributed by atoms with Gasteiger partial charge in [-0.1, -0.05) is 24.3 Å². The highest BCUT2D eigenvalue weighted by Crippen LogP contribution is 2.20. The van der Waals surface area contributed by atoms with Gasteiger partial charge in [0.05, 0.1) is 6.61 Å². The number of thiocarbonyl (C=S) groups is 1. The van der Waals surface area contributed by atoms with Crippen LogP contribution in [0.4, 0.5) is 0 Å². The average molecular weight is 250 g/mol. The normalized spacial score (nSPS) is 18.3. The molecule has 0 aromatic heterocycles. The molecule has 1 aromatic carbocycles. The van der Waals surface area contributed by atoms with Crippen LogP contribution in [0.25, 0.3) is 0 Å². The molecule has 0 amide bonds. The second kappa shape index (κ2) is 5.98. The van der Waals surface area contributed by atoms with E-state index in [1.54, 1.807) is 0 Å². The van der Waals surface area contributed by atoms with Gasteiger partial charge in [0.2, 0.25) is 0 Å². The van der Waals surface area contributed by atoms with Crippen molar-refractivity contribution >= 4 is 17.3 Å². The first-order valence-electron chi connectivity index (χ1n) is 6.01. The van der Waals surface area contributed by atoms with E-state index in [2.05, 4.69) is 34.9 Å². The summed E-state index contributed by atoms with van der Waals surface area (Å²) in [7, 11) is 0. The summed E-state index contributed by atoms with van der Waals surface area (Å²) >= 11 is 5.17. The van der Waals surface area contributed by atoms with Crippen LogP contribution in [0, 0.1) is 0 Å². The third kappa shape index (κ3) is 3.41. The second-order valence-corrected chi connectivity index (χ2v) is 4.74. The Morgan fingerprint density at radius 2 is 2.12 bits per heavy atom. The highest BCUT2D eigenvalue weighted by molar-refractivity contribution is 7.80. The molecule has 0 fully saturated rings. The molecule has 1 aliphatic rings. The van der Waals surface area contributed by atoms with Crippen LogP contribution in [0.2, 0.25) is 0 Å². The van der Waals surface area contributed by atoms with Gasteiger partial charge in [-0.25, -0.2) is 0 Å². The van der Waals surface area contributed by atoms with Crippen molar-refractivity contribution in [2.24, 2.45) is 0 Å². The molecule has 2 rings (SSSR count). The maximum atomic E-state index is 8.70. The number of aryl methyl sites for hydroxylation is 1. The fourth-order valence-electron chi connectivity index (χ4n) is 2.23. The molecule has 3 N–H and O–H groups in total. The van der Waals surface area contributed by atoms with E-state index < -0.39 is 0 Å². The quantitative estimate of drug-likeness (QED) is 0.700. The molecule has 17 heavy (non-hydrogen) atoms. The van der Waals surface area contributed by atoms with Gasteiger partial charge < -0.3 is 15.7 Å². The Morgan fingerprint density at radius 3 is 2.88 bits per heavy atom.